The van der Waals surface area contributed by atoms with E-state index >= 15 is 0 Å². The number of aliphatic hydroxyl groups excluding tert-OH is 1. The highest BCUT2D eigenvalue weighted by atomic mass is 32.2. The van der Waals surface area contributed by atoms with Gasteiger partial charge in [-0.2, -0.15) is 0 Å². The number of hydrogen-bond donors (Lipinski definition) is 1. The molecule has 0 fully saturated rings. The quantitative estimate of drug-likeness (QED) is 0.741. The lowest BCUT2D eigenvalue weighted by atomic mass is 10.1. The summed E-state index contributed by atoms with van der Waals surface area (Å²) < 4.78 is 12.7. The maximum absolute atomic E-state index is 12.7. The standard InChI is InChI=1S/C17H22O2S2/c1-3-4-5-6-15(18)17-16(11-12-20-17)21(19)14-9-7-13(2)8-10-14/h7-12,15,18H,3-6H2,1-2H3/t15-,21+/m1/s1. The fourth-order valence-electron chi connectivity index (χ4n) is 2.21. The number of thiophene rings is 1. The van der Waals surface area contributed by atoms with E-state index in [2.05, 4.69) is 6.92 Å². The lowest BCUT2D eigenvalue weighted by Gasteiger charge is -2.11. The van der Waals surface area contributed by atoms with E-state index in [0.717, 1.165) is 45.9 Å². The van der Waals surface area contributed by atoms with Crippen LogP contribution in [0.3, 0.4) is 0 Å². The van der Waals surface area contributed by atoms with Gasteiger partial charge >= 0.3 is 0 Å². The van der Waals surface area contributed by atoms with E-state index in [1.807, 2.05) is 42.6 Å². The maximum atomic E-state index is 12.7. The van der Waals surface area contributed by atoms with Crippen molar-refractivity contribution in [3.63, 3.8) is 0 Å². The van der Waals surface area contributed by atoms with Crippen LogP contribution in [-0.2, 0) is 10.8 Å². The molecule has 1 aromatic carbocycles. The SMILES string of the molecule is CCCCC[C@@H](O)c1sccc1[S@@](=O)c1ccc(C)cc1. The molecule has 21 heavy (non-hydrogen) atoms. The third-order valence-corrected chi connectivity index (χ3v) is 6.08. The molecule has 1 N–H and O–H groups in total. The van der Waals surface area contributed by atoms with Crippen LogP contribution in [-0.4, -0.2) is 9.32 Å². The van der Waals surface area contributed by atoms with Crippen LogP contribution in [0, 0.1) is 6.92 Å². The van der Waals surface area contributed by atoms with E-state index in [0.29, 0.717) is 0 Å². The number of hydrogen-bond acceptors (Lipinski definition) is 3. The van der Waals surface area contributed by atoms with Gasteiger partial charge in [-0.1, -0.05) is 43.9 Å². The molecule has 1 heterocycles. The molecular weight excluding hydrogens is 300 g/mol. The molecule has 0 aliphatic heterocycles. The molecule has 1 aromatic heterocycles. The Morgan fingerprint density at radius 2 is 1.90 bits per heavy atom. The normalized spacial score (nSPS) is 14.0. The Morgan fingerprint density at radius 1 is 1.19 bits per heavy atom. The Hall–Kier alpha value is -0.970. The van der Waals surface area contributed by atoms with Gasteiger partial charge < -0.3 is 5.11 Å². The van der Waals surface area contributed by atoms with E-state index in [9.17, 15) is 9.32 Å². The minimum absolute atomic E-state index is 0.499. The fraction of sp³-hybridized carbons (Fsp3) is 0.412. The van der Waals surface area contributed by atoms with Crippen LogP contribution in [0.4, 0.5) is 0 Å². The summed E-state index contributed by atoms with van der Waals surface area (Å²) in [5.41, 5.74) is 1.15. The van der Waals surface area contributed by atoms with Crippen molar-refractivity contribution in [1.29, 1.82) is 0 Å². The summed E-state index contributed by atoms with van der Waals surface area (Å²) in [7, 11) is -1.21. The van der Waals surface area contributed by atoms with E-state index < -0.39 is 16.9 Å². The van der Waals surface area contributed by atoms with Gasteiger partial charge in [0, 0.05) is 9.77 Å². The molecular formula is C17H22O2S2. The number of aryl methyl sites for hydroxylation is 1. The largest absolute Gasteiger partial charge is 0.388 e. The second-order valence-corrected chi connectivity index (χ2v) is 7.64. The zero-order valence-corrected chi connectivity index (χ0v) is 14.2. The van der Waals surface area contributed by atoms with Gasteiger partial charge in [-0.3, -0.25) is 0 Å². The van der Waals surface area contributed by atoms with Crippen molar-refractivity contribution >= 4 is 22.1 Å². The molecule has 0 radical (unpaired) electrons. The van der Waals surface area contributed by atoms with Gasteiger partial charge in [-0.15, -0.1) is 11.3 Å². The third-order valence-electron chi connectivity index (χ3n) is 3.48. The van der Waals surface area contributed by atoms with Gasteiger partial charge in [0.2, 0.25) is 0 Å². The zero-order valence-electron chi connectivity index (χ0n) is 12.5. The summed E-state index contributed by atoms with van der Waals surface area (Å²) in [5, 5.41) is 12.2. The molecule has 2 aromatic rings. The lowest BCUT2D eigenvalue weighted by Crippen LogP contribution is -2.01. The van der Waals surface area contributed by atoms with E-state index in [1.165, 1.54) is 11.3 Å². The Balaban J connectivity index is 2.15. The van der Waals surface area contributed by atoms with Crippen LogP contribution in [0.15, 0.2) is 45.5 Å². The number of aliphatic hydroxyl groups is 1. The highest BCUT2D eigenvalue weighted by Gasteiger charge is 2.19. The molecule has 2 rings (SSSR count). The summed E-state index contributed by atoms with van der Waals surface area (Å²) in [6.45, 7) is 4.16. The minimum Gasteiger partial charge on any atom is -0.388 e. The number of rotatable bonds is 7. The molecule has 0 unspecified atom stereocenters. The Bertz CT molecular complexity index is 587. The first-order chi connectivity index (χ1) is 10.1. The lowest BCUT2D eigenvalue weighted by molar-refractivity contribution is 0.164. The van der Waals surface area contributed by atoms with Gasteiger partial charge in [-0.05, 0) is 36.9 Å². The fourth-order valence-corrected chi connectivity index (χ4v) is 4.63. The molecule has 2 nitrogen and oxygen atoms in total. The average Bonchev–Trinajstić information content (AvgIpc) is 2.97. The van der Waals surface area contributed by atoms with Gasteiger partial charge in [0.15, 0.2) is 0 Å². The highest BCUT2D eigenvalue weighted by Crippen LogP contribution is 2.32. The van der Waals surface area contributed by atoms with Crippen LogP contribution in [0.1, 0.15) is 49.2 Å². The first kappa shape index (κ1) is 16.4. The summed E-state index contributed by atoms with van der Waals surface area (Å²) in [5.74, 6) is 0. The van der Waals surface area contributed by atoms with Crippen LogP contribution in [0.25, 0.3) is 0 Å². The van der Waals surface area contributed by atoms with Crippen molar-refractivity contribution in [3.8, 4) is 0 Å². The highest BCUT2D eigenvalue weighted by molar-refractivity contribution is 7.85. The number of unbranched alkanes of at least 4 members (excludes halogenated alkanes) is 2. The van der Waals surface area contributed by atoms with Crippen molar-refractivity contribution < 1.29 is 9.32 Å². The topological polar surface area (TPSA) is 37.3 Å². The van der Waals surface area contributed by atoms with Crippen LogP contribution in [0.2, 0.25) is 0 Å². The smallest absolute Gasteiger partial charge is 0.0894 e. The van der Waals surface area contributed by atoms with Crippen molar-refractivity contribution in [2.45, 2.75) is 55.4 Å². The zero-order chi connectivity index (χ0) is 15.2. The summed E-state index contributed by atoms with van der Waals surface area (Å²) in [6, 6.07) is 9.61. The molecule has 0 aliphatic carbocycles. The second kappa shape index (κ2) is 7.87. The molecule has 0 saturated carbocycles. The Labute approximate surface area is 133 Å². The molecule has 0 spiro atoms. The van der Waals surface area contributed by atoms with E-state index in [4.69, 9.17) is 0 Å². The van der Waals surface area contributed by atoms with E-state index in [1.54, 1.807) is 0 Å². The summed E-state index contributed by atoms with van der Waals surface area (Å²) in [6.07, 6.45) is 3.51. The molecule has 2 atom stereocenters. The van der Waals surface area contributed by atoms with Crippen molar-refractivity contribution in [3.05, 3.63) is 46.2 Å². The molecule has 0 saturated heterocycles. The third kappa shape index (κ3) is 4.25. The number of benzene rings is 1. The van der Waals surface area contributed by atoms with Gasteiger partial charge in [0.25, 0.3) is 0 Å². The van der Waals surface area contributed by atoms with Crippen LogP contribution >= 0.6 is 11.3 Å². The maximum Gasteiger partial charge on any atom is 0.0894 e. The minimum atomic E-state index is -1.21. The molecule has 4 heteroatoms. The van der Waals surface area contributed by atoms with Gasteiger partial charge in [0.05, 0.1) is 21.8 Å². The van der Waals surface area contributed by atoms with Crippen LogP contribution < -0.4 is 0 Å². The van der Waals surface area contributed by atoms with Crippen LogP contribution in [0.5, 0.6) is 0 Å². The monoisotopic (exact) mass is 322 g/mol. The second-order valence-electron chi connectivity index (χ2n) is 5.24. The molecule has 0 amide bonds. The van der Waals surface area contributed by atoms with Crippen molar-refractivity contribution in [2.24, 2.45) is 0 Å². The molecule has 0 aliphatic rings. The first-order valence-corrected chi connectivity index (χ1v) is 9.40. The van der Waals surface area contributed by atoms with E-state index in [-0.39, 0.29) is 0 Å². The Morgan fingerprint density at radius 3 is 2.57 bits per heavy atom. The summed E-state index contributed by atoms with van der Waals surface area (Å²) in [4.78, 5) is 2.40. The average molecular weight is 322 g/mol. The van der Waals surface area contributed by atoms with Crippen molar-refractivity contribution in [2.75, 3.05) is 0 Å². The molecule has 114 valence electrons. The predicted molar refractivity (Wildman–Crippen MR) is 89.3 cm³/mol. The first-order valence-electron chi connectivity index (χ1n) is 7.37. The predicted octanol–water partition coefficient (Wildman–Crippen LogP) is 4.84. The van der Waals surface area contributed by atoms with Crippen molar-refractivity contribution in [1.82, 2.24) is 0 Å². The summed E-state index contributed by atoms with van der Waals surface area (Å²) >= 11 is 1.50. The Kier molecular flexibility index (Phi) is 6.15. The molecule has 0 bridgehead atoms. The van der Waals surface area contributed by atoms with Gasteiger partial charge in [0.1, 0.15) is 0 Å². The van der Waals surface area contributed by atoms with Gasteiger partial charge in [-0.25, -0.2) is 4.21 Å².